The number of aliphatic carboxylic acids is 2. The van der Waals surface area contributed by atoms with Crippen LogP contribution in [0.1, 0.15) is 106 Å². The fourth-order valence-electron chi connectivity index (χ4n) is 4.80. The largest absolute Gasteiger partial charge is 0.481 e. The lowest BCUT2D eigenvalue weighted by atomic mass is 9.55. The molecule has 0 aromatic heterocycles. The first-order valence-electron chi connectivity index (χ1n) is 11.1. The monoisotopic (exact) mass is 384 g/mol. The number of rotatable bonds is 16. The maximum absolute atomic E-state index is 12.4. The van der Waals surface area contributed by atoms with Crippen molar-refractivity contribution in [3.8, 4) is 0 Å². The molecule has 0 aliphatic carbocycles. The summed E-state index contributed by atoms with van der Waals surface area (Å²) in [6.45, 7) is 12.6. The van der Waals surface area contributed by atoms with Crippen molar-refractivity contribution < 1.29 is 19.8 Å². The summed E-state index contributed by atoms with van der Waals surface area (Å²) in [6, 6.07) is 0. The second-order valence-corrected chi connectivity index (χ2v) is 8.60. The first-order chi connectivity index (χ1) is 12.7. The van der Waals surface area contributed by atoms with Crippen molar-refractivity contribution in [2.24, 2.45) is 29.1 Å². The molecule has 0 amide bonds. The molecule has 0 heterocycles. The van der Waals surface area contributed by atoms with E-state index in [1.807, 2.05) is 0 Å². The van der Waals surface area contributed by atoms with Crippen LogP contribution in [0.4, 0.5) is 0 Å². The van der Waals surface area contributed by atoms with Crippen LogP contribution in [0.25, 0.3) is 0 Å². The summed E-state index contributed by atoms with van der Waals surface area (Å²) in [5.74, 6) is -1.95. The summed E-state index contributed by atoms with van der Waals surface area (Å²) < 4.78 is 0. The highest BCUT2D eigenvalue weighted by Crippen LogP contribution is 2.51. The van der Waals surface area contributed by atoms with Crippen molar-refractivity contribution in [3.63, 3.8) is 0 Å². The van der Waals surface area contributed by atoms with Crippen molar-refractivity contribution in [3.05, 3.63) is 0 Å². The molecule has 0 spiro atoms. The van der Waals surface area contributed by atoms with Crippen LogP contribution in [0.5, 0.6) is 0 Å². The van der Waals surface area contributed by atoms with Gasteiger partial charge < -0.3 is 10.2 Å². The van der Waals surface area contributed by atoms with Crippen LogP contribution in [0.3, 0.4) is 0 Å². The molecule has 160 valence electrons. The smallest absolute Gasteiger partial charge is 0.307 e. The first kappa shape index (κ1) is 25.9. The molecule has 0 aromatic carbocycles. The van der Waals surface area contributed by atoms with Crippen LogP contribution in [0.2, 0.25) is 0 Å². The molecule has 0 radical (unpaired) electrons. The zero-order valence-electron chi connectivity index (χ0n) is 18.6. The van der Waals surface area contributed by atoms with E-state index in [-0.39, 0.29) is 5.41 Å². The lowest BCUT2D eigenvalue weighted by molar-refractivity contribution is -0.154. The van der Waals surface area contributed by atoms with Gasteiger partial charge in [0.15, 0.2) is 0 Å². The highest BCUT2D eigenvalue weighted by atomic mass is 16.4. The summed E-state index contributed by atoms with van der Waals surface area (Å²) in [5.41, 5.74) is -0.264. The number of unbranched alkanes of at least 4 members (excludes halogenated alkanes) is 4. The Morgan fingerprint density at radius 3 is 1.70 bits per heavy atom. The molecule has 27 heavy (non-hydrogen) atoms. The van der Waals surface area contributed by atoms with Gasteiger partial charge in [-0.3, -0.25) is 9.59 Å². The Bertz CT molecular complexity index is 422. The average Bonchev–Trinajstić information content (AvgIpc) is 2.64. The Hall–Kier alpha value is -1.06. The van der Waals surface area contributed by atoms with Gasteiger partial charge in [0.2, 0.25) is 0 Å². The summed E-state index contributed by atoms with van der Waals surface area (Å²) in [4.78, 5) is 23.6. The fraction of sp³-hybridized carbons (Fsp3) is 0.913. The lowest BCUT2D eigenvalue weighted by Crippen LogP contribution is -2.46. The first-order valence-corrected chi connectivity index (χ1v) is 11.1. The molecule has 0 rings (SSSR count). The van der Waals surface area contributed by atoms with Gasteiger partial charge in [-0.05, 0) is 36.5 Å². The average molecular weight is 385 g/mol. The Kier molecular flexibility index (Phi) is 12.7. The minimum Gasteiger partial charge on any atom is -0.481 e. The standard InChI is InChI=1S/C23H44O4/c1-7-10-11-12-13-16-23(18(5)8-2,19(6)9-3)20(22(26)27)15-14-17(4)21(24)25/h17-20H,7-16H2,1-6H3,(H,24,25)(H,26,27). The molecule has 0 aliphatic heterocycles. The van der Waals surface area contributed by atoms with Gasteiger partial charge in [0.1, 0.15) is 0 Å². The Labute approximate surface area is 167 Å². The molecular weight excluding hydrogens is 340 g/mol. The summed E-state index contributed by atoms with van der Waals surface area (Å²) in [5, 5.41) is 19.4. The molecule has 0 fully saturated rings. The van der Waals surface area contributed by atoms with E-state index in [1.165, 1.54) is 19.3 Å². The molecule has 0 saturated carbocycles. The molecule has 0 aromatic rings. The summed E-state index contributed by atoms with van der Waals surface area (Å²) >= 11 is 0. The maximum atomic E-state index is 12.4. The van der Waals surface area contributed by atoms with E-state index >= 15 is 0 Å². The molecule has 0 bridgehead atoms. The van der Waals surface area contributed by atoms with Crippen LogP contribution in [-0.4, -0.2) is 22.2 Å². The van der Waals surface area contributed by atoms with Gasteiger partial charge in [0, 0.05) is 0 Å². The second kappa shape index (κ2) is 13.2. The van der Waals surface area contributed by atoms with Crippen molar-refractivity contribution >= 4 is 11.9 Å². The maximum Gasteiger partial charge on any atom is 0.307 e. The third-order valence-electron chi connectivity index (χ3n) is 7.03. The van der Waals surface area contributed by atoms with Crippen molar-refractivity contribution in [2.45, 2.75) is 106 Å². The van der Waals surface area contributed by atoms with E-state index in [1.54, 1.807) is 6.92 Å². The van der Waals surface area contributed by atoms with Crippen LogP contribution in [0.15, 0.2) is 0 Å². The Morgan fingerprint density at radius 2 is 1.30 bits per heavy atom. The van der Waals surface area contributed by atoms with Gasteiger partial charge in [0.25, 0.3) is 0 Å². The summed E-state index contributed by atoms with van der Waals surface area (Å²) in [6.07, 6.45) is 9.58. The van der Waals surface area contributed by atoms with E-state index in [0.29, 0.717) is 24.7 Å². The molecule has 0 saturated heterocycles. The normalized spacial score (nSPS) is 18.3. The van der Waals surface area contributed by atoms with Crippen molar-refractivity contribution in [2.75, 3.05) is 0 Å². The molecule has 4 nitrogen and oxygen atoms in total. The van der Waals surface area contributed by atoms with Crippen LogP contribution in [0, 0.1) is 29.1 Å². The molecule has 4 atom stereocenters. The minimum atomic E-state index is -0.837. The number of carbonyl (C=O) groups is 2. The van der Waals surface area contributed by atoms with E-state index < -0.39 is 23.8 Å². The molecule has 4 unspecified atom stereocenters. The Balaban J connectivity index is 5.67. The zero-order chi connectivity index (χ0) is 21.0. The predicted octanol–water partition coefficient (Wildman–Crippen LogP) is 6.63. The Morgan fingerprint density at radius 1 is 0.778 bits per heavy atom. The molecule has 0 aliphatic rings. The van der Waals surface area contributed by atoms with Gasteiger partial charge >= 0.3 is 11.9 Å². The molecule has 4 heteroatoms. The van der Waals surface area contributed by atoms with Crippen molar-refractivity contribution in [1.82, 2.24) is 0 Å². The van der Waals surface area contributed by atoms with Crippen LogP contribution >= 0.6 is 0 Å². The van der Waals surface area contributed by atoms with Gasteiger partial charge in [-0.1, -0.05) is 86.5 Å². The van der Waals surface area contributed by atoms with E-state index in [4.69, 9.17) is 0 Å². The zero-order valence-corrected chi connectivity index (χ0v) is 18.6. The highest BCUT2D eigenvalue weighted by Gasteiger charge is 2.48. The van der Waals surface area contributed by atoms with Gasteiger partial charge in [0.05, 0.1) is 11.8 Å². The van der Waals surface area contributed by atoms with Gasteiger partial charge in [-0.25, -0.2) is 0 Å². The van der Waals surface area contributed by atoms with Crippen LogP contribution < -0.4 is 0 Å². The van der Waals surface area contributed by atoms with Crippen molar-refractivity contribution in [1.29, 1.82) is 0 Å². The van der Waals surface area contributed by atoms with E-state index in [0.717, 1.165) is 32.1 Å². The topological polar surface area (TPSA) is 74.6 Å². The highest BCUT2D eigenvalue weighted by molar-refractivity contribution is 5.72. The van der Waals surface area contributed by atoms with E-state index in [2.05, 4.69) is 34.6 Å². The minimum absolute atomic E-state index is 0.264. The third kappa shape index (κ3) is 7.46. The van der Waals surface area contributed by atoms with Gasteiger partial charge in [-0.2, -0.15) is 0 Å². The van der Waals surface area contributed by atoms with Gasteiger partial charge in [-0.15, -0.1) is 0 Å². The fourth-order valence-corrected chi connectivity index (χ4v) is 4.80. The lowest BCUT2D eigenvalue weighted by Gasteiger charge is -2.48. The SMILES string of the molecule is CCCCCCCC(C(C)CC)(C(C)CC)C(CCC(C)C(=O)O)C(=O)O. The second-order valence-electron chi connectivity index (χ2n) is 8.60. The number of carboxylic acids is 2. The number of hydrogen-bond acceptors (Lipinski definition) is 2. The number of hydrogen-bond donors (Lipinski definition) is 2. The third-order valence-corrected chi connectivity index (χ3v) is 7.03. The quantitative estimate of drug-likeness (QED) is 0.293. The molecular formula is C23H44O4. The molecule has 2 N–H and O–H groups in total. The van der Waals surface area contributed by atoms with Crippen LogP contribution in [-0.2, 0) is 9.59 Å². The summed E-state index contributed by atoms with van der Waals surface area (Å²) in [7, 11) is 0. The number of carboxylic acid groups (broad SMARTS) is 2. The van der Waals surface area contributed by atoms with E-state index in [9.17, 15) is 19.8 Å². The predicted molar refractivity (Wildman–Crippen MR) is 112 cm³/mol.